The lowest BCUT2D eigenvalue weighted by Crippen LogP contribution is -2.44. The summed E-state index contributed by atoms with van der Waals surface area (Å²) < 4.78 is 14.8. The van der Waals surface area contributed by atoms with Crippen molar-refractivity contribution in [1.82, 2.24) is 5.32 Å². The molecule has 0 bridgehead atoms. The molecule has 0 aliphatic rings. The van der Waals surface area contributed by atoms with Crippen molar-refractivity contribution in [1.29, 1.82) is 0 Å². The zero-order valence-electron chi connectivity index (χ0n) is 14.5. The Kier molecular flexibility index (Phi) is 7.37. The van der Waals surface area contributed by atoms with Crippen LogP contribution in [0.4, 0.5) is 0 Å². The highest BCUT2D eigenvalue weighted by atomic mass is 16.5. The van der Waals surface area contributed by atoms with Crippen molar-refractivity contribution < 1.29 is 23.8 Å². The molecule has 0 aliphatic heterocycles. The van der Waals surface area contributed by atoms with Gasteiger partial charge in [0.1, 0.15) is 12.6 Å². The van der Waals surface area contributed by atoms with E-state index in [1.165, 1.54) is 7.11 Å². The van der Waals surface area contributed by atoms with Crippen molar-refractivity contribution >= 4 is 22.6 Å². The maximum absolute atomic E-state index is 12.0. The fourth-order valence-corrected chi connectivity index (χ4v) is 2.48. The SMILES string of the molecule is COCCOCC(=O)N[C@H](Cc1ccc2ccccc2c1)C(=O)OC. The van der Waals surface area contributed by atoms with E-state index < -0.39 is 12.0 Å². The Hall–Kier alpha value is -2.44. The average Bonchev–Trinajstić information content (AvgIpc) is 2.64. The first-order valence-electron chi connectivity index (χ1n) is 8.05. The van der Waals surface area contributed by atoms with E-state index in [9.17, 15) is 9.59 Å². The summed E-state index contributed by atoms with van der Waals surface area (Å²) in [5.74, 6) is -0.856. The van der Waals surface area contributed by atoms with E-state index in [1.54, 1.807) is 7.11 Å². The number of carbonyl (C=O) groups is 2. The van der Waals surface area contributed by atoms with Crippen LogP contribution in [-0.2, 0) is 30.2 Å². The molecule has 25 heavy (non-hydrogen) atoms. The number of amides is 1. The number of hydrogen-bond donors (Lipinski definition) is 1. The molecule has 2 aromatic carbocycles. The molecular weight excluding hydrogens is 322 g/mol. The van der Waals surface area contributed by atoms with E-state index in [4.69, 9.17) is 14.2 Å². The minimum Gasteiger partial charge on any atom is -0.467 e. The highest BCUT2D eigenvalue weighted by Crippen LogP contribution is 2.17. The van der Waals surface area contributed by atoms with Gasteiger partial charge in [-0.1, -0.05) is 42.5 Å². The second kappa shape index (κ2) is 9.76. The van der Waals surface area contributed by atoms with Gasteiger partial charge in [-0.15, -0.1) is 0 Å². The molecule has 2 aromatic rings. The van der Waals surface area contributed by atoms with Gasteiger partial charge < -0.3 is 19.5 Å². The van der Waals surface area contributed by atoms with E-state index in [2.05, 4.69) is 5.32 Å². The first kappa shape index (κ1) is 18.9. The molecule has 0 aliphatic carbocycles. The summed E-state index contributed by atoms with van der Waals surface area (Å²) in [5.41, 5.74) is 0.940. The van der Waals surface area contributed by atoms with Crippen LogP contribution in [0.2, 0.25) is 0 Å². The van der Waals surface area contributed by atoms with E-state index in [0.29, 0.717) is 19.6 Å². The number of fused-ring (bicyclic) bond motifs is 1. The van der Waals surface area contributed by atoms with Crippen molar-refractivity contribution in [2.75, 3.05) is 34.0 Å². The standard InChI is InChI=1S/C19H23NO5/c1-23-9-10-25-13-18(21)20-17(19(22)24-2)12-14-7-8-15-5-3-4-6-16(15)11-14/h3-8,11,17H,9-10,12-13H2,1-2H3,(H,20,21)/t17-/m1/s1. The molecule has 0 saturated carbocycles. The van der Waals surface area contributed by atoms with Gasteiger partial charge in [0, 0.05) is 13.5 Å². The van der Waals surface area contributed by atoms with Crippen LogP contribution in [0.3, 0.4) is 0 Å². The maximum atomic E-state index is 12.0. The third-order valence-electron chi connectivity index (χ3n) is 3.74. The fourth-order valence-electron chi connectivity index (χ4n) is 2.48. The molecule has 6 heteroatoms. The number of rotatable bonds is 9. The predicted molar refractivity (Wildman–Crippen MR) is 94.3 cm³/mol. The quantitative estimate of drug-likeness (QED) is 0.553. The lowest BCUT2D eigenvalue weighted by atomic mass is 10.0. The molecule has 134 valence electrons. The van der Waals surface area contributed by atoms with E-state index >= 15 is 0 Å². The normalized spacial score (nSPS) is 11.9. The third-order valence-corrected chi connectivity index (χ3v) is 3.74. The first-order valence-corrected chi connectivity index (χ1v) is 8.05. The number of carbonyl (C=O) groups excluding carboxylic acids is 2. The van der Waals surface area contributed by atoms with Crippen LogP contribution >= 0.6 is 0 Å². The summed E-state index contributed by atoms with van der Waals surface area (Å²) in [6.07, 6.45) is 0.349. The molecular formula is C19H23NO5. The van der Waals surface area contributed by atoms with Crippen LogP contribution < -0.4 is 5.32 Å². The third kappa shape index (κ3) is 5.85. The minimum absolute atomic E-state index is 0.130. The van der Waals surface area contributed by atoms with Crippen LogP contribution in [0.15, 0.2) is 42.5 Å². The molecule has 0 radical (unpaired) electrons. The highest BCUT2D eigenvalue weighted by molar-refractivity contribution is 5.86. The smallest absolute Gasteiger partial charge is 0.328 e. The number of methoxy groups -OCH3 is 2. The average molecular weight is 345 g/mol. The molecule has 0 spiro atoms. The molecule has 1 atom stereocenters. The first-order chi connectivity index (χ1) is 12.1. The lowest BCUT2D eigenvalue weighted by Gasteiger charge is -2.17. The molecule has 1 N–H and O–H groups in total. The zero-order chi connectivity index (χ0) is 18.1. The van der Waals surface area contributed by atoms with Crippen LogP contribution in [-0.4, -0.2) is 52.0 Å². The van der Waals surface area contributed by atoms with Gasteiger partial charge in [0.05, 0.1) is 20.3 Å². The second-order valence-electron chi connectivity index (χ2n) is 5.57. The van der Waals surface area contributed by atoms with Crippen LogP contribution in [0.5, 0.6) is 0 Å². The Bertz CT molecular complexity index is 716. The Balaban J connectivity index is 2.01. The van der Waals surface area contributed by atoms with Crippen LogP contribution in [0, 0.1) is 0 Å². The number of ether oxygens (including phenoxy) is 3. The zero-order valence-corrected chi connectivity index (χ0v) is 14.5. The maximum Gasteiger partial charge on any atom is 0.328 e. The van der Waals surface area contributed by atoms with Crippen molar-refractivity contribution in [3.8, 4) is 0 Å². The van der Waals surface area contributed by atoms with Gasteiger partial charge in [-0.3, -0.25) is 4.79 Å². The van der Waals surface area contributed by atoms with Crippen LogP contribution in [0.25, 0.3) is 10.8 Å². The van der Waals surface area contributed by atoms with Crippen LogP contribution in [0.1, 0.15) is 5.56 Å². The van der Waals surface area contributed by atoms with Gasteiger partial charge in [0.2, 0.25) is 5.91 Å². The van der Waals surface area contributed by atoms with Crippen molar-refractivity contribution in [3.63, 3.8) is 0 Å². The van der Waals surface area contributed by atoms with Gasteiger partial charge in [0.15, 0.2) is 0 Å². The summed E-state index contributed by atoms with van der Waals surface area (Å²) >= 11 is 0. The molecule has 6 nitrogen and oxygen atoms in total. The number of hydrogen-bond acceptors (Lipinski definition) is 5. The fraction of sp³-hybridized carbons (Fsp3) is 0.368. The number of nitrogens with one attached hydrogen (secondary N) is 1. The minimum atomic E-state index is -0.760. The van der Waals surface area contributed by atoms with Crippen molar-refractivity contribution in [2.45, 2.75) is 12.5 Å². The Morgan fingerprint density at radius 2 is 1.80 bits per heavy atom. The summed E-state index contributed by atoms with van der Waals surface area (Å²) in [6, 6.07) is 13.2. The van der Waals surface area contributed by atoms with Crippen molar-refractivity contribution in [3.05, 3.63) is 48.0 Å². The number of benzene rings is 2. The Labute approximate surface area is 147 Å². The van der Waals surface area contributed by atoms with Gasteiger partial charge >= 0.3 is 5.97 Å². The topological polar surface area (TPSA) is 73.9 Å². The highest BCUT2D eigenvalue weighted by Gasteiger charge is 2.22. The predicted octanol–water partition coefficient (Wildman–Crippen LogP) is 1.70. The molecule has 0 heterocycles. The molecule has 0 unspecified atom stereocenters. The van der Waals surface area contributed by atoms with E-state index in [-0.39, 0.29) is 12.5 Å². The Morgan fingerprint density at radius 1 is 1.04 bits per heavy atom. The van der Waals surface area contributed by atoms with Crippen molar-refractivity contribution in [2.24, 2.45) is 0 Å². The summed E-state index contributed by atoms with van der Waals surface area (Å²) in [6.45, 7) is 0.594. The summed E-state index contributed by atoms with van der Waals surface area (Å²) in [7, 11) is 2.86. The van der Waals surface area contributed by atoms with Gasteiger partial charge in [-0.2, -0.15) is 0 Å². The second-order valence-corrected chi connectivity index (χ2v) is 5.57. The largest absolute Gasteiger partial charge is 0.467 e. The van der Waals surface area contributed by atoms with Gasteiger partial charge in [-0.25, -0.2) is 4.79 Å². The number of esters is 1. The van der Waals surface area contributed by atoms with Gasteiger partial charge in [0.25, 0.3) is 0 Å². The molecule has 0 saturated heterocycles. The molecule has 0 fully saturated rings. The van der Waals surface area contributed by atoms with E-state index in [1.807, 2.05) is 42.5 Å². The summed E-state index contributed by atoms with van der Waals surface area (Å²) in [4.78, 5) is 23.9. The van der Waals surface area contributed by atoms with Gasteiger partial charge in [-0.05, 0) is 16.3 Å². The lowest BCUT2D eigenvalue weighted by molar-refractivity contribution is -0.145. The molecule has 2 rings (SSSR count). The summed E-state index contributed by atoms with van der Waals surface area (Å²) in [5, 5.41) is 4.86. The molecule has 0 aromatic heterocycles. The monoisotopic (exact) mass is 345 g/mol. The Morgan fingerprint density at radius 3 is 2.52 bits per heavy atom. The molecule has 1 amide bonds. The van der Waals surface area contributed by atoms with E-state index in [0.717, 1.165) is 16.3 Å².